The number of hydrogen-bond donors (Lipinski definition) is 3. The molecule has 138 valence electrons. The Morgan fingerprint density at radius 2 is 1.71 bits per heavy atom. The molecule has 6 nitrogen and oxygen atoms in total. The number of carboxylic acid groups (broad SMARTS) is 1. The Balaban J connectivity index is 2.52. The van der Waals surface area contributed by atoms with Crippen molar-refractivity contribution in [2.45, 2.75) is 84.2 Å². The summed E-state index contributed by atoms with van der Waals surface area (Å²) >= 11 is 0. The summed E-state index contributed by atoms with van der Waals surface area (Å²) in [5.41, 5.74) is -0.842. The lowest BCUT2D eigenvalue weighted by molar-refractivity contribution is -0.140. The predicted octanol–water partition coefficient (Wildman–Crippen LogP) is 2.47. The molecule has 0 bridgehead atoms. The Morgan fingerprint density at radius 1 is 1.12 bits per heavy atom. The van der Waals surface area contributed by atoms with E-state index in [1.54, 1.807) is 13.8 Å². The van der Waals surface area contributed by atoms with Gasteiger partial charge in [0.05, 0.1) is 12.0 Å². The molecule has 2 amide bonds. The zero-order valence-corrected chi connectivity index (χ0v) is 15.4. The van der Waals surface area contributed by atoms with E-state index in [0.29, 0.717) is 12.3 Å². The van der Waals surface area contributed by atoms with Crippen LogP contribution in [0.2, 0.25) is 0 Å². The Bertz CT molecular complexity index is 458. The molecule has 0 saturated heterocycles. The van der Waals surface area contributed by atoms with Crippen molar-refractivity contribution in [1.82, 2.24) is 10.6 Å². The van der Waals surface area contributed by atoms with E-state index in [9.17, 15) is 14.4 Å². The van der Waals surface area contributed by atoms with Crippen LogP contribution in [0.15, 0.2) is 0 Å². The first-order chi connectivity index (χ1) is 11.1. The molecule has 0 aromatic heterocycles. The number of aliphatic carboxylic acids is 1. The third kappa shape index (κ3) is 6.49. The fourth-order valence-electron chi connectivity index (χ4n) is 3.12. The summed E-state index contributed by atoms with van der Waals surface area (Å²) in [4.78, 5) is 35.5. The smallest absolute Gasteiger partial charge is 0.305 e. The second-order valence-corrected chi connectivity index (χ2v) is 7.63. The topological polar surface area (TPSA) is 95.5 Å². The van der Waals surface area contributed by atoms with Crippen molar-refractivity contribution in [2.75, 3.05) is 0 Å². The van der Waals surface area contributed by atoms with E-state index in [1.165, 1.54) is 19.3 Å². The molecule has 0 aromatic carbocycles. The Hall–Kier alpha value is -1.59. The quantitative estimate of drug-likeness (QED) is 0.632. The molecule has 2 atom stereocenters. The molecular formula is C18H32N2O4. The number of nitrogens with one attached hydrogen (secondary N) is 2. The molecule has 1 saturated carbocycles. The van der Waals surface area contributed by atoms with Gasteiger partial charge in [-0.15, -0.1) is 0 Å². The maximum absolute atomic E-state index is 12.4. The Kier molecular flexibility index (Phi) is 7.70. The van der Waals surface area contributed by atoms with Crippen LogP contribution < -0.4 is 10.6 Å². The average molecular weight is 340 g/mol. The minimum absolute atomic E-state index is 0.0392. The van der Waals surface area contributed by atoms with E-state index in [0.717, 1.165) is 12.8 Å². The van der Waals surface area contributed by atoms with Crippen LogP contribution in [0.25, 0.3) is 0 Å². The monoisotopic (exact) mass is 340 g/mol. The van der Waals surface area contributed by atoms with Gasteiger partial charge >= 0.3 is 5.97 Å². The van der Waals surface area contributed by atoms with Gasteiger partial charge < -0.3 is 15.7 Å². The third-order valence-corrected chi connectivity index (χ3v) is 5.17. The van der Waals surface area contributed by atoms with Crippen molar-refractivity contribution in [3.8, 4) is 0 Å². The molecule has 24 heavy (non-hydrogen) atoms. The second-order valence-electron chi connectivity index (χ2n) is 7.63. The van der Waals surface area contributed by atoms with Crippen LogP contribution in [0.1, 0.15) is 72.6 Å². The molecule has 1 rings (SSSR count). The molecule has 0 radical (unpaired) electrons. The molecule has 2 unspecified atom stereocenters. The largest absolute Gasteiger partial charge is 0.481 e. The lowest BCUT2D eigenvalue weighted by Crippen LogP contribution is -2.56. The lowest BCUT2D eigenvalue weighted by Gasteiger charge is -2.34. The van der Waals surface area contributed by atoms with Gasteiger partial charge in [-0.3, -0.25) is 14.4 Å². The fraction of sp³-hybridized carbons (Fsp3) is 0.833. The van der Waals surface area contributed by atoms with Crippen LogP contribution in [-0.2, 0) is 14.4 Å². The summed E-state index contributed by atoms with van der Waals surface area (Å²) in [6, 6.07) is -0.673. The van der Waals surface area contributed by atoms with Gasteiger partial charge in [-0.05, 0) is 38.5 Å². The number of carbonyl (C=O) groups is 3. The molecule has 0 heterocycles. The van der Waals surface area contributed by atoms with Crippen molar-refractivity contribution < 1.29 is 19.5 Å². The molecule has 0 spiro atoms. The van der Waals surface area contributed by atoms with E-state index in [-0.39, 0.29) is 24.2 Å². The van der Waals surface area contributed by atoms with Gasteiger partial charge in [-0.1, -0.05) is 33.1 Å². The van der Waals surface area contributed by atoms with E-state index >= 15 is 0 Å². The van der Waals surface area contributed by atoms with Crippen LogP contribution in [0.3, 0.4) is 0 Å². The number of carbonyl (C=O) groups excluding carboxylic acids is 2. The molecule has 1 aliphatic rings. The van der Waals surface area contributed by atoms with E-state index in [4.69, 9.17) is 5.11 Å². The molecule has 3 N–H and O–H groups in total. The number of rotatable bonds is 8. The Morgan fingerprint density at radius 3 is 2.21 bits per heavy atom. The van der Waals surface area contributed by atoms with Crippen LogP contribution in [0.4, 0.5) is 0 Å². The first kappa shape index (κ1) is 20.5. The van der Waals surface area contributed by atoms with Gasteiger partial charge in [0.2, 0.25) is 11.8 Å². The summed E-state index contributed by atoms with van der Waals surface area (Å²) in [5.74, 6) is -1.02. The molecule has 1 aliphatic carbocycles. The molecule has 1 fully saturated rings. The van der Waals surface area contributed by atoms with Crippen molar-refractivity contribution in [3.05, 3.63) is 0 Å². The normalized spacial score (nSPS) is 19.4. The van der Waals surface area contributed by atoms with Crippen molar-refractivity contribution in [2.24, 2.45) is 11.8 Å². The zero-order valence-electron chi connectivity index (χ0n) is 15.4. The van der Waals surface area contributed by atoms with Gasteiger partial charge in [0.15, 0.2) is 0 Å². The van der Waals surface area contributed by atoms with Gasteiger partial charge in [0.1, 0.15) is 6.04 Å². The molecule has 0 aliphatic heterocycles. The van der Waals surface area contributed by atoms with E-state index in [2.05, 4.69) is 10.6 Å². The minimum Gasteiger partial charge on any atom is -0.481 e. The second kappa shape index (κ2) is 9.04. The SMILES string of the molecule is CC(NC(=O)CC1CCCCC1)C(=O)NC(C)(CC(=O)O)C(C)C. The summed E-state index contributed by atoms with van der Waals surface area (Å²) in [6.45, 7) is 7.10. The summed E-state index contributed by atoms with van der Waals surface area (Å²) < 4.78 is 0. The van der Waals surface area contributed by atoms with Crippen LogP contribution in [0, 0.1) is 11.8 Å². The van der Waals surface area contributed by atoms with Crippen molar-refractivity contribution >= 4 is 17.8 Å². The summed E-state index contributed by atoms with van der Waals surface area (Å²) in [6.07, 6.45) is 6.07. The third-order valence-electron chi connectivity index (χ3n) is 5.17. The summed E-state index contributed by atoms with van der Waals surface area (Å²) in [7, 11) is 0. The van der Waals surface area contributed by atoms with Gasteiger partial charge in [-0.2, -0.15) is 0 Å². The highest BCUT2D eigenvalue weighted by molar-refractivity contribution is 5.88. The highest BCUT2D eigenvalue weighted by atomic mass is 16.4. The van der Waals surface area contributed by atoms with E-state index < -0.39 is 17.6 Å². The number of carboxylic acids is 1. The number of hydrogen-bond acceptors (Lipinski definition) is 3. The van der Waals surface area contributed by atoms with Crippen molar-refractivity contribution in [1.29, 1.82) is 0 Å². The van der Waals surface area contributed by atoms with Crippen molar-refractivity contribution in [3.63, 3.8) is 0 Å². The van der Waals surface area contributed by atoms with Crippen LogP contribution in [0.5, 0.6) is 0 Å². The first-order valence-electron chi connectivity index (χ1n) is 8.97. The fourth-order valence-corrected chi connectivity index (χ4v) is 3.12. The molecular weight excluding hydrogens is 308 g/mol. The Labute approximate surface area is 144 Å². The maximum Gasteiger partial charge on any atom is 0.305 e. The highest BCUT2D eigenvalue weighted by Gasteiger charge is 2.34. The minimum atomic E-state index is -0.958. The van der Waals surface area contributed by atoms with Gasteiger partial charge in [0, 0.05) is 6.42 Å². The predicted molar refractivity (Wildman–Crippen MR) is 92.4 cm³/mol. The number of amides is 2. The molecule has 6 heteroatoms. The molecule has 0 aromatic rings. The van der Waals surface area contributed by atoms with Crippen LogP contribution in [-0.4, -0.2) is 34.5 Å². The average Bonchev–Trinajstić information content (AvgIpc) is 2.46. The van der Waals surface area contributed by atoms with Crippen LogP contribution >= 0.6 is 0 Å². The van der Waals surface area contributed by atoms with Gasteiger partial charge in [0.25, 0.3) is 0 Å². The van der Waals surface area contributed by atoms with Gasteiger partial charge in [-0.25, -0.2) is 0 Å². The first-order valence-corrected chi connectivity index (χ1v) is 8.97. The lowest BCUT2D eigenvalue weighted by atomic mass is 9.85. The maximum atomic E-state index is 12.4. The summed E-state index contributed by atoms with van der Waals surface area (Å²) in [5, 5.41) is 14.6. The van der Waals surface area contributed by atoms with E-state index in [1.807, 2.05) is 13.8 Å². The zero-order chi connectivity index (χ0) is 18.3. The standard InChI is InChI=1S/C18H32N2O4/c1-12(2)18(4,11-16(22)23)20-17(24)13(3)19-15(21)10-14-8-6-5-7-9-14/h12-14H,5-11H2,1-4H3,(H,19,21)(H,20,24)(H,22,23). The highest BCUT2D eigenvalue weighted by Crippen LogP contribution is 2.26.